The van der Waals surface area contributed by atoms with E-state index in [-0.39, 0.29) is 23.9 Å². The fraction of sp³-hybridized carbons (Fsp3) is 0.667. The molecule has 4 fully saturated rings. The lowest BCUT2D eigenvalue weighted by Gasteiger charge is -2.19. The topological polar surface area (TPSA) is 70.4 Å². The molecule has 5 nitrogen and oxygen atoms in total. The van der Waals surface area contributed by atoms with E-state index in [9.17, 15) is 18.0 Å². The summed E-state index contributed by atoms with van der Waals surface area (Å²) in [6.45, 7) is 4.52. The summed E-state index contributed by atoms with van der Waals surface area (Å²) in [6.07, 6.45) is -0.261. The third-order valence-corrected chi connectivity index (χ3v) is 6.94. The Hall–Kier alpha value is -1.35. The first-order valence-electron chi connectivity index (χ1n) is 10.3. The molecule has 9 heteroatoms. The first-order valence-corrected chi connectivity index (χ1v) is 10.3. The Morgan fingerprint density at radius 2 is 1.80 bits per heavy atom. The van der Waals surface area contributed by atoms with Gasteiger partial charge in [-0.1, -0.05) is 30.3 Å². The third-order valence-electron chi connectivity index (χ3n) is 6.94. The second kappa shape index (κ2) is 8.65. The Balaban J connectivity index is 0.000000166. The normalized spacial score (nSPS) is 27.9. The van der Waals surface area contributed by atoms with Crippen molar-refractivity contribution in [1.82, 2.24) is 15.5 Å². The van der Waals surface area contributed by atoms with E-state index in [2.05, 4.69) is 40.5 Å². The fourth-order valence-corrected chi connectivity index (χ4v) is 4.69. The maximum atomic E-state index is 11.9. The first-order chi connectivity index (χ1) is 13.7. The van der Waals surface area contributed by atoms with Crippen molar-refractivity contribution in [3.63, 3.8) is 0 Å². The quantitative estimate of drug-likeness (QED) is 0.667. The van der Waals surface area contributed by atoms with Gasteiger partial charge in [0.05, 0.1) is 0 Å². The number of rotatable bonds is 3. The molecule has 0 aromatic heterocycles. The molecule has 2 aliphatic carbocycles. The van der Waals surface area contributed by atoms with Gasteiger partial charge in [-0.3, -0.25) is 9.69 Å². The van der Waals surface area contributed by atoms with Crippen molar-refractivity contribution in [3.8, 4) is 0 Å². The minimum absolute atomic E-state index is 0. The van der Waals surface area contributed by atoms with Gasteiger partial charge in [-0.15, -0.1) is 12.4 Å². The predicted octanol–water partition coefficient (Wildman–Crippen LogP) is 2.45. The monoisotopic (exact) mass is 446 g/mol. The van der Waals surface area contributed by atoms with Crippen LogP contribution in [-0.4, -0.2) is 55.2 Å². The number of hydrogen-bond acceptors (Lipinski definition) is 4. The van der Waals surface area contributed by atoms with Crippen LogP contribution in [0.1, 0.15) is 31.2 Å². The highest BCUT2D eigenvalue weighted by Gasteiger charge is 2.54. The molecule has 2 heterocycles. The fourth-order valence-electron chi connectivity index (χ4n) is 4.69. The number of alkyl halides is 3. The van der Waals surface area contributed by atoms with Crippen molar-refractivity contribution in [3.05, 3.63) is 35.9 Å². The van der Waals surface area contributed by atoms with E-state index in [1.807, 2.05) is 5.32 Å². The number of halogens is 4. The molecule has 168 valence electrons. The largest absolute Gasteiger partial charge is 0.471 e. The zero-order valence-corrected chi connectivity index (χ0v) is 17.7. The van der Waals surface area contributed by atoms with Crippen LogP contribution in [0.25, 0.3) is 0 Å². The molecule has 1 aromatic carbocycles. The number of carbonyl (C=O) groups is 1. The lowest BCUT2D eigenvalue weighted by Crippen LogP contribution is -2.47. The Labute approximate surface area is 181 Å². The lowest BCUT2D eigenvalue weighted by atomic mass is 10.0. The van der Waals surface area contributed by atoms with Crippen molar-refractivity contribution in [1.29, 1.82) is 0 Å². The smallest absolute Gasteiger partial charge is 0.344 e. The van der Waals surface area contributed by atoms with Crippen LogP contribution in [0.4, 0.5) is 13.2 Å². The second-order valence-corrected chi connectivity index (χ2v) is 9.14. The van der Waals surface area contributed by atoms with E-state index in [0.717, 1.165) is 32.5 Å². The lowest BCUT2D eigenvalue weighted by molar-refractivity contribution is -0.174. The molecule has 2 atom stereocenters. The SMILES string of the molecule is Cl.N[C@@H]1CN(Cc2ccccc2)CC12CC2.O=C(N[C@@H]1CNCC12CC2)C(F)(F)F. The molecule has 2 saturated heterocycles. The summed E-state index contributed by atoms with van der Waals surface area (Å²) in [5, 5.41) is 5.04. The maximum Gasteiger partial charge on any atom is 0.471 e. The summed E-state index contributed by atoms with van der Waals surface area (Å²) in [5.74, 6) is -1.82. The molecule has 4 aliphatic rings. The number of nitrogens with two attached hydrogens (primary N) is 1. The van der Waals surface area contributed by atoms with Gasteiger partial charge >= 0.3 is 12.1 Å². The maximum absolute atomic E-state index is 11.9. The van der Waals surface area contributed by atoms with E-state index in [1.54, 1.807) is 0 Å². The molecule has 2 aliphatic heterocycles. The van der Waals surface area contributed by atoms with Gasteiger partial charge in [0.15, 0.2) is 0 Å². The molecule has 0 unspecified atom stereocenters. The Kier molecular flexibility index (Phi) is 6.72. The van der Waals surface area contributed by atoms with E-state index in [0.29, 0.717) is 18.0 Å². The van der Waals surface area contributed by atoms with E-state index >= 15 is 0 Å². The summed E-state index contributed by atoms with van der Waals surface area (Å²) < 4.78 is 35.8. The van der Waals surface area contributed by atoms with Gasteiger partial charge in [-0.2, -0.15) is 13.2 Å². The molecule has 0 radical (unpaired) electrons. The molecular weight excluding hydrogens is 417 g/mol. The van der Waals surface area contributed by atoms with Gasteiger partial charge in [0.25, 0.3) is 0 Å². The van der Waals surface area contributed by atoms with Crippen LogP contribution >= 0.6 is 12.4 Å². The van der Waals surface area contributed by atoms with Crippen molar-refractivity contribution < 1.29 is 18.0 Å². The standard InChI is InChI=1S/C13H18N2.C8H11F3N2O.ClH/c14-12-9-15(10-13(12)6-7-13)8-11-4-2-1-3-5-11;9-8(10,11)6(14)13-5-3-12-4-7(5)1-2-7;/h1-5,12H,6-10,14H2;5,12H,1-4H2,(H,13,14);1H/t12-;5-;/m11./s1. The number of likely N-dealkylation sites (tertiary alicyclic amines) is 1. The molecule has 5 rings (SSSR count). The van der Waals surface area contributed by atoms with Crippen LogP contribution in [0.5, 0.6) is 0 Å². The Morgan fingerprint density at radius 3 is 2.33 bits per heavy atom. The molecule has 30 heavy (non-hydrogen) atoms. The van der Waals surface area contributed by atoms with Crippen molar-refractivity contribution in [2.75, 3.05) is 26.2 Å². The van der Waals surface area contributed by atoms with Crippen molar-refractivity contribution in [2.45, 2.75) is 50.5 Å². The summed E-state index contributed by atoms with van der Waals surface area (Å²) in [6, 6.07) is 10.8. The highest BCUT2D eigenvalue weighted by Crippen LogP contribution is 2.52. The van der Waals surface area contributed by atoms with E-state index < -0.39 is 12.1 Å². The van der Waals surface area contributed by atoms with Gasteiger partial charge in [0.2, 0.25) is 0 Å². The number of amides is 1. The summed E-state index contributed by atoms with van der Waals surface area (Å²) >= 11 is 0. The molecule has 0 bridgehead atoms. The zero-order valence-electron chi connectivity index (χ0n) is 16.9. The number of benzene rings is 1. The number of hydrogen-bond donors (Lipinski definition) is 3. The van der Waals surface area contributed by atoms with Crippen molar-refractivity contribution in [2.24, 2.45) is 16.6 Å². The van der Waals surface area contributed by atoms with Crippen LogP contribution in [0.2, 0.25) is 0 Å². The molecule has 1 aromatic rings. The minimum Gasteiger partial charge on any atom is -0.344 e. The average molecular weight is 447 g/mol. The summed E-state index contributed by atoms with van der Waals surface area (Å²) in [4.78, 5) is 13.2. The van der Waals surface area contributed by atoms with Gasteiger partial charge in [0.1, 0.15) is 0 Å². The number of nitrogens with one attached hydrogen (secondary N) is 2. The van der Waals surface area contributed by atoms with Crippen LogP contribution in [0.15, 0.2) is 30.3 Å². The summed E-state index contributed by atoms with van der Waals surface area (Å²) in [5.41, 5.74) is 8.01. The second-order valence-electron chi connectivity index (χ2n) is 9.14. The average Bonchev–Trinajstić information content (AvgIpc) is 3.54. The number of nitrogens with zero attached hydrogens (tertiary/aromatic N) is 1. The van der Waals surface area contributed by atoms with Crippen LogP contribution in [0, 0.1) is 10.8 Å². The molecule has 2 spiro atoms. The van der Waals surface area contributed by atoms with Crippen LogP contribution < -0.4 is 16.4 Å². The highest BCUT2D eigenvalue weighted by molar-refractivity contribution is 5.85. The predicted molar refractivity (Wildman–Crippen MR) is 111 cm³/mol. The van der Waals surface area contributed by atoms with Gasteiger partial charge < -0.3 is 16.4 Å². The zero-order chi connectivity index (χ0) is 20.7. The van der Waals surface area contributed by atoms with Gasteiger partial charge in [0, 0.05) is 50.2 Å². The molecule has 4 N–H and O–H groups in total. The van der Waals surface area contributed by atoms with Crippen molar-refractivity contribution >= 4 is 18.3 Å². The number of carbonyl (C=O) groups excluding carboxylic acids is 1. The molecule has 1 amide bonds. The van der Waals surface area contributed by atoms with Gasteiger partial charge in [-0.25, -0.2) is 0 Å². The highest BCUT2D eigenvalue weighted by atomic mass is 35.5. The molecule has 2 saturated carbocycles. The Bertz CT molecular complexity index is 738. The first kappa shape index (κ1) is 23.3. The van der Waals surface area contributed by atoms with Crippen LogP contribution in [0.3, 0.4) is 0 Å². The van der Waals surface area contributed by atoms with Crippen LogP contribution in [-0.2, 0) is 11.3 Å². The van der Waals surface area contributed by atoms with E-state index in [4.69, 9.17) is 5.73 Å². The van der Waals surface area contributed by atoms with Gasteiger partial charge in [-0.05, 0) is 36.7 Å². The molecular formula is C21H30ClF3N4O. The summed E-state index contributed by atoms with van der Waals surface area (Å²) in [7, 11) is 0. The minimum atomic E-state index is -4.77. The third kappa shape index (κ3) is 5.10. The van der Waals surface area contributed by atoms with E-state index in [1.165, 1.54) is 24.9 Å². The Morgan fingerprint density at radius 1 is 1.17 bits per heavy atom.